The maximum absolute atomic E-state index is 12.7. The van der Waals surface area contributed by atoms with Crippen molar-refractivity contribution in [3.05, 3.63) is 56.3 Å². The summed E-state index contributed by atoms with van der Waals surface area (Å²) in [5.41, 5.74) is 1.33. The highest BCUT2D eigenvalue weighted by atomic mass is 32.1. The number of fused-ring (bicyclic) bond motifs is 5. The molecule has 3 aliphatic heterocycles. The number of aromatic carboxylic acids is 1. The van der Waals surface area contributed by atoms with Crippen molar-refractivity contribution >= 4 is 17.3 Å². The van der Waals surface area contributed by atoms with E-state index in [1.807, 2.05) is 11.4 Å². The molecule has 1 aromatic carbocycles. The third-order valence-corrected chi connectivity index (χ3v) is 7.25. The quantitative estimate of drug-likeness (QED) is 0.590. The first kappa shape index (κ1) is 21.2. The van der Waals surface area contributed by atoms with E-state index in [9.17, 15) is 14.7 Å². The molecule has 1 N–H and O–H groups in total. The van der Waals surface area contributed by atoms with Gasteiger partial charge in [0, 0.05) is 60.7 Å². The van der Waals surface area contributed by atoms with Gasteiger partial charge in [-0.3, -0.25) is 4.79 Å². The first-order valence-corrected chi connectivity index (χ1v) is 12.1. The van der Waals surface area contributed by atoms with Crippen molar-refractivity contribution in [1.29, 1.82) is 0 Å². The molecule has 9 nitrogen and oxygen atoms in total. The number of benzene rings is 1. The molecule has 6 rings (SSSR count). The fourth-order valence-electron chi connectivity index (χ4n) is 4.73. The molecule has 0 bridgehead atoms. The Balaban J connectivity index is 1.47. The summed E-state index contributed by atoms with van der Waals surface area (Å²) in [6.07, 6.45) is 4.85. The Kier molecular flexibility index (Phi) is 5.26. The molecule has 3 aliphatic rings. The molecule has 34 heavy (non-hydrogen) atoms. The second-order valence-electron chi connectivity index (χ2n) is 8.51. The molecule has 1 atom stereocenters. The van der Waals surface area contributed by atoms with Crippen molar-refractivity contribution in [2.45, 2.75) is 25.5 Å². The second-order valence-corrected chi connectivity index (χ2v) is 9.44. The molecule has 1 saturated heterocycles. The van der Waals surface area contributed by atoms with Crippen LogP contribution in [-0.2, 0) is 11.2 Å². The normalized spacial score (nSPS) is 18.9. The van der Waals surface area contributed by atoms with Crippen molar-refractivity contribution in [3.63, 3.8) is 0 Å². The van der Waals surface area contributed by atoms with Crippen LogP contribution in [0.3, 0.4) is 0 Å². The molecule has 10 heteroatoms. The lowest BCUT2D eigenvalue weighted by atomic mass is 9.97. The minimum absolute atomic E-state index is 0.318. The van der Waals surface area contributed by atoms with Gasteiger partial charge in [-0.25, -0.2) is 9.78 Å². The number of carboxylic acid groups (broad SMARTS) is 1. The summed E-state index contributed by atoms with van der Waals surface area (Å²) in [5.74, 6) is 0.972. The highest BCUT2D eigenvalue weighted by molar-refractivity contribution is 7.09. The minimum Gasteiger partial charge on any atom is -0.489 e. The van der Waals surface area contributed by atoms with Crippen LogP contribution in [0.25, 0.3) is 11.3 Å². The van der Waals surface area contributed by atoms with Crippen LogP contribution in [0.1, 0.15) is 40.0 Å². The number of nitrogens with zero attached hydrogens (tertiary/aromatic N) is 2. The molecule has 0 spiro atoms. The van der Waals surface area contributed by atoms with E-state index >= 15 is 0 Å². The van der Waals surface area contributed by atoms with Gasteiger partial charge in [-0.05, 0) is 18.8 Å². The molecule has 1 fully saturated rings. The smallest absolute Gasteiger partial charge is 0.341 e. The van der Waals surface area contributed by atoms with Crippen molar-refractivity contribution < 1.29 is 28.8 Å². The lowest BCUT2D eigenvalue weighted by Crippen LogP contribution is -2.28. The van der Waals surface area contributed by atoms with Gasteiger partial charge in [-0.1, -0.05) is 0 Å². The zero-order valence-corrected chi connectivity index (χ0v) is 19.0. The van der Waals surface area contributed by atoms with E-state index in [2.05, 4.69) is 4.98 Å². The van der Waals surface area contributed by atoms with Crippen LogP contribution in [0.15, 0.2) is 34.7 Å². The average Bonchev–Trinajstić information content (AvgIpc) is 3.54. The van der Waals surface area contributed by atoms with Gasteiger partial charge in [-0.15, -0.1) is 11.3 Å². The summed E-state index contributed by atoms with van der Waals surface area (Å²) in [5, 5.41) is 12.0. The lowest BCUT2D eigenvalue weighted by Gasteiger charge is -2.32. The van der Waals surface area contributed by atoms with Gasteiger partial charge in [0.05, 0.1) is 18.9 Å². The lowest BCUT2D eigenvalue weighted by molar-refractivity contribution is 0.0492. The van der Waals surface area contributed by atoms with Crippen LogP contribution in [0.2, 0.25) is 0 Å². The highest BCUT2D eigenvalue weighted by Crippen LogP contribution is 2.51. The number of carbonyl (C=O) groups is 1. The molecule has 0 radical (unpaired) electrons. The third kappa shape index (κ3) is 3.54. The topological polar surface area (TPSA) is 109 Å². The Morgan fingerprint density at radius 2 is 2.12 bits per heavy atom. The van der Waals surface area contributed by atoms with Crippen LogP contribution in [0.5, 0.6) is 17.2 Å². The van der Waals surface area contributed by atoms with E-state index in [1.54, 1.807) is 10.8 Å². The van der Waals surface area contributed by atoms with Gasteiger partial charge in [0.1, 0.15) is 11.3 Å². The number of pyridine rings is 1. The molecular weight excluding hydrogens is 460 g/mol. The number of thiazole rings is 1. The predicted molar refractivity (Wildman–Crippen MR) is 122 cm³/mol. The molecule has 0 aliphatic carbocycles. The van der Waals surface area contributed by atoms with Crippen molar-refractivity contribution in [3.8, 4) is 28.5 Å². The SMILES string of the molecule is O=C(O)c1cn2c(cc1=O)-c1c(cc(OCC3CCOCC3)c3c1CCO3)OC2c1nccs1. The second kappa shape index (κ2) is 8.44. The Morgan fingerprint density at radius 1 is 1.26 bits per heavy atom. The molecule has 1 unspecified atom stereocenters. The monoisotopic (exact) mass is 482 g/mol. The Morgan fingerprint density at radius 3 is 2.88 bits per heavy atom. The van der Waals surface area contributed by atoms with E-state index in [1.165, 1.54) is 23.6 Å². The first-order chi connectivity index (χ1) is 16.6. The summed E-state index contributed by atoms with van der Waals surface area (Å²) < 4.78 is 25.7. The zero-order chi connectivity index (χ0) is 23.2. The van der Waals surface area contributed by atoms with Crippen LogP contribution in [0.4, 0.5) is 0 Å². The molecule has 5 heterocycles. The van der Waals surface area contributed by atoms with Gasteiger partial charge in [0.15, 0.2) is 21.9 Å². The Hall–Kier alpha value is -3.37. The van der Waals surface area contributed by atoms with Gasteiger partial charge in [0.25, 0.3) is 0 Å². The van der Waals surface area contributed by atoms with Gasteiger partial charge >= 0.3 is 5.97 Å². The predicted octanol–water partition coefficient (Wildman–Crippen LogP) is 3.35. The molecular formula is C24H22N2O7S. The minimum atomic E-state index is -1.28. The van der Waals surface area contributed by atoms with Crippen molar-refractivity contribution in [1.82, 2.24) is 9.55 Å². The van der Waals surface area contributed by atoms with Gasteiger partial charge in [0.2, 0.25) is 6.23 Å². The first-order valence-electron chi connectivity index (χ1n) is 11.2. The summed E-state index contributed by atoms with van der Waals surface area (Å²) in [6.45, 7) is 2.54. The summed E-state index contributed by atoms with van der Waals surface area (Å²) in [6, 6.07) is 3.19. The summed E-state index contributed by atoms with van der Waals surface area (Å²) in [7, 11) is 0. The molecule has 0 amide bonds. The number of hydrogen-bond acceptors (Lipinski definition) is 8. The maximum atomic E-state index is 12.7. The average molecular weight is 483 g/mol. The van der Waals surface area contributed by atoms with E-state index in [0.717, 1.165) is 37.2 Å². The zero-order valence-electron chi connectivity index (χ0n) is 18.2. The number of ether oxygens (including phenoxy) is 4. The number of carboxylic acids is 1. The fourth-order valence-corrected chi connectivity index (χ4v) is 5.39. The fraction of sp³-hybridized carbons (Fsp3) is 0.375. The molecule has 0 saturated carbocycles. The number of rotatable bonds is 5. The molecule has 3 aromatic rings. The van der Waals surface area contributed by atoms with Crippen LogP contribution in [-0.4, -0.2) is 47.1 Å². The largest absolute Gasteiger partial charge is 0.489 e. The molecule has 2 aromatic heterocycles. The molecule has 176 valence electrons. The van der Waals surface area contributed by atoms with Crippen molar-refractivity contribution in [2.75, 3.05) is 26.4 Å². The van der Waals surface area contributed by atoms with E-state index in [-0.39, 0.29) is 5.56 Å². The highest BCUT2D eigenvalue weighted by Gasteiger charge is 2.35. The number of hydrogen-bond donors (Lipinski definition) is 1. The van der Waals surface area contributed by atoms with Crippen LogP contribution >= 0.6 is 11.3 Å². The third-order valence-electron chi connectivity index (χ3n) is 6.44. The van der Waals surface area contributed by atoms with Gasteiger partial charge < -0.3 is 28.6 Å². The van der Waals surface area contributed by atoms with E-state index in [0.29, 0.717) is 53.5 Å². The maximum Gasteiger partial charge on any atom is 0.341 e. The Labute approximate surface area is 198 Å². The number of aromatic nitrogens is 2. The Bertz CT molecular complexity index is 1310. The van der Waals surface area contributed by atoms with Gasteiger partial charge in [-0.2, -0.15) is 0 Å². The van der Waals surface area contributed by atoms with Crippen LogP contribution < -0.4 is 19.6 Å². The summed E-state index contributed by atoms with van der Waals surface area (Å²) in [4.78, 5) is 28.7. The standard InChI is InChI=1S/C24H22N2O7S/c27-17-9-16-20-14-3-7-31-21(14)19(32-12-13-1-5-30-6-2-13)10-18(20)33-23(22-25-4-8-34-22)26(16)11-15(17)24(28)29/h4,8-11,13,23H,1-3,5-7,12H2,(H,28,29). The van der Waals surface area contributed by atoms with E-state index < -0.39 is 17.6 Å². The van der Waals surface area contributed by atoms with Crippen molar-refractivity contribution in [2.24, 2.45) is 5.92 Å². The van der Waals surface area contributed by atoms with E-state index in [4.69, 9.17) is 18.9 Å². The van der Waals surface area contributed by atoms with Crippen LogP contribution in [0, 0.1) is 5.92 Å². The summed E-state index contributed by atoms with van der Waals surface area (Å²) >= 11 is 1.39.